The summed E-state index contributed by atoms with van der Waals surface area (Å²) in [5.41, 5.74) is -0.926. The lowest BCUT2D eigenvalue weighted by molar-refractivity contribution is -0.138. The van der Waals surface area contributed by atoms with Crippen LogP contribution in [0.5, 0.6) is 0 Å². The molecular weight excluding hydrogens is 335 g/mol. The minimum absolute atomic E-state index is 0.00688. The van der Waals surface area contributed by atoms with E-state index in [9.17, 15) is 18.0 Å². The van der Waals surface area contributed by atoms with E-state index >= 15 is 0 Å². The molecule has 0 fully saturated rings. The zero-order chi connectivity index (χ0) is 15.6. The van der Waals surface area contributed by atoms with Crippen LogP contribution in [-0.4, -0.2) is 12.5 Å². The summed E-state index contributed by atoms with van der Waals surface area (Å²) in [5.74, 6) is -0.496. The molecule has 0 unspecified atom stereocenters. The smallest absolute Gasteiger partial charge is 0.352 e. The number of carbonyl (C=O) groups is 1. The van der Waals surface area contributed by atoms with Gasteiger partial charge in [0.2, 0.25) is 0 Å². The van der Waals surface area contributed by atoms with Crippen LogP contribution in [0.3, 0.4) is 0 Å². The number of carbonyl (C=O) groups excluding carboxylic acids is 1. The topological polar surface area (TPSA) is 29.1 Å². The first-order chi connectivity index (χ1) is 9.07. The van der Waals surface area contributed by atoms with Gasteiger partial charge in [0.15, 0.2) is 0 Å². The molecule has 6 heteroatoms. The summed E-state index contributed by atoms with van der Waals surface area (Å²) < 4.78 is 38.2. The second kappa shape index (κ2) is 6.16. The monoisotopic (exact) mass is 351 g/mol. The van der Waals surface area contributed by atoms with E-state index in [4.69, 9.17) is 0 Å². The Bertz CT molecular complexity index is 498. The molecule has 0 atom stereocenters. The third-order valence-electron chi connectivity index (χ3n) is 3.22. The van der Waals surface area contributed by atoms with Crippen molar-refractivity contribution in [2.45, 2.75) is 33.4 Å². The van der Waals surface area contributed by atoms with Crippen LogP contribution in [0.15, 0.2) is 22.7 Å². The average molecular weight is 352 g/mol. The van der Waals surface area contributed by atoms with Gasteiger partial charge < -0.3 is 5.32 Å². The molecule has 2 nitrogen and oxygen atoms in total. The first kappa shape index (κ1) is 17.0. The van der Waals surface area contributed by atoms with Crippen molar-refractivity contribution in [2.24, 2.45) is 5.41 Å². The Labute approximate surface area is 124 Å². The molecule has 0 saturated carbocycles. The zero-order valence-electron chi connectivity index (χ0n) is 11.6. The first-order valence-electron chi connectivity index (χ1n) is 6.22. The summed E-state index contributed by atoms with van der Waals surface area (Å²) in [4.78, 5) is 11.9. The fourth-order valence-corrected chi connectivity index (χ4v) is 1.90. The van der Waals surface area contributed by atoms with Gasteiger partial charge in [-0.3, -0.25) is 4.79 Å². The van der Waals surface area contributed by atoms with E-state index < -0.39 is 17.6 Å². The minimum atomic E-state index is -4.49. The molecule has 0 aromatic heterocycles. The van der Waals surface area contributed by atoms with Crippen LogP contribution in [0.1, 0.15) is 43.1 Å². The summed E-state index contributed by atoms with van der Waals surface area (Å²) >= 11 is 2.85. The highest BCUT2D eigenvalue weighted by Crippen LogP contribution is 2.35. The lowest BCUT2D eigenvalue weighted by Crippen LogP contribution is -2.33. The fraction of sp³-hybridized carbons (Fsp3) is 0.500. The van der Waals surface area contributed by atoms with Gasteiger partial charge in [-0.05, 0) is 30.0 Å². The van der Waals surface area contributed by atoms with Gasteiger partial charge in [0, 0.05) is 16.6 Å². The summed E-state index contributed by atoms with van der Waals surface area (Å²) in [5, 5.41) is 2.67. The van der Waals surface area contributed by atoms with Crippen LogP contribution in [0.25, 0.3) is 0 Å². The standard InChI is InChI=1S/C14H17BrF3NO/c1-4-13(2,3)8-19-12(20)9-5-6-11(15)10(7-9)14(16,17)18/h5-7H,4,8H2,1-3H3,(H,19,20). The fourth-order valence-electron chi connectivity index (χ4n) is 1.43. The number of hydrogen-bond acceptors (Lipinski definition) is 1. The van der Waals surface area contributed by atoms with Gasteiger partial charge in [0.25, 0.3) is 5.91 Å². The minimum Gasteiger partial charge on any atom is -0.352 e. The molecule has 0 saturated heterocycles. The predicted octanol–water partition coefficient (Wildman–Crippen LogP) is 4.63. The van der Waals surface area contributed by atoms with E-state index in [1.54, 1.807) is 0 Å². The zero-order valence-corrected chi connectivity index (χ0v) is 13.2. The third kappa shape index (κ3) is 4.51. The molecule has 1 N–H and O–H groups in total. The molecule has 20 heavy (non-hydrogen) atoms. The summed E-state index contributed by atoms with van der Waals surface area (Å²) in [6.07, 6.45) is -3.63. The van der Waals surface area contributed by atoms with Gasteiger partial charge >= 0.3 is 6.18 Å². The highest BCUT2D eigenvalue weighted by molar-refractivity contribution is 9.10. The molecule has 1 rings (SSSR count). The van der Waals surface area contributed by atoms with Crippen LogP contribution >= 0.6 is 15.9 Å². The van der Waals surface area contributed by atoms with Crippen molar-refractivity contribution in [3.8, 4) is 0 Å². The van der Waals surface area contributed by atoms with E-state index in [0.29, 0.717) is 6.54 Å². The van der Waals surface area contributed by atoms with E-state index in [0.717, 1.165) is 12.5 Å². The molecular formula is C14H17BrF3NO. The summed E-state index contributed by atoms with van der Waals surface area (Å²) in [6.45, 7) is 6.37. The van der Waals surface area contributed by atoms with Crippen molar-refractivity contribution >= 4 is 21.8 Å². The Morgan fingerprint density at radius 1 is 1.30 bits per heavy atom. The largest absolute Gasteiger partial charge is 0.417 e. The van der Waals surface area contributed by atoms with Crippen LogP contribution in [0.4, 0.5) is 13.2 Å². The van der Waals surface area contributed by atoms with Crippen molar-refractivity contribution < 1.29 is 18.0 Å². The van der Waals surface area contributed by atoms with Crippen molar-refractivity contribution in [2.75, 3.05) is 6.54 Å². The van der Waals surface area contributed by atoms with Crippen LogP contribution < -0.4 is 5.32 Å². The Hall–Kier alpha value is -1.04. The summed E-state index contributed by atoms with van der Waals surface area (Å²) in [6, 6.07) is 3.47. The van der Waals surface area contributed by atoms with Gasteiger partial charge in [-0.2, -0.15) is 13.2 Å². The molecule has 0 aliphatic rings. The molecule has 0 aliphatic carbocycles. The van der Waals surface area contributed by atoms with Crippen molar-refractivity contribution in [1.82, 2.24) is 5.32 Å². The second-order valence-corrected chi connectivity index (χ2v) is 6.25. The molecule has 1 aromatic carbocycles. The van der Waals surface area contributed by atoms with Crippen LogP contribution in [-0.2, 0) is 6.18 Å². The summed E-state index contributed by atoms with van der Waals surface area (Å²) in [7, 11) is 0. The van der Waals surface area contributed by atoms with Gasteiger partial charge in [-0.15, -0.1) is 0 Å². The maximum atomic E-state index is 12.8. The molecule has 0 bridgehead atoms. The molecule has 0 radical (unpaired) electrons. The number of hydrogen-bond donors (Lipinski definition) is 1. The Kier molecular flexibility index (Phi) is 5.24. The number of nitrogens with one attached hydrogen (secondary N) is 1. The molecule has 112 valence electrons. The maximum Gasteiger partial charge on any atom is 0.417 e. The molecule has 0 spiro atoms. The van der Waals surface area contributed by atoms with Crippen LogP contribution in [0.2, 0.25) is 0 Å². The number of halogens is 4. The molecule has 1 amide bonds. The van der Waals surface area contributed by atoms with E-state index in [2.05, 4.69) is 21.2 Å². The van der Waals surface area contributed by atoms with Gasteiger partial charge in [0.1, 0.15) is 0 Å². The molecule has 0 heterocycles. The quantitative estimate of drug-likeness (QED) is 0.841. The first-order valence-corrected chi connectivity index (χ1v) is 7.01. The Balaban J connectivity index is 2.90. The van der Waals surface area contributed by atoms with Crippen LogP contribution in [0, 0.1) is 5.41 Å². The van der Waals surface area contributed by atoms with Crippen molar-refractivity contribution in [1.29, 1.82) is 0 Å². The van der Waals surface area contributed by atoms with E-state index in [1.807, 2.05) is 20.8 Å². The number of alkyl halides is 3. The number of rotatable bonds is 4. The Morgan fingerprint density at radius 3 is 2.40 bits per heavy atom. The molecule has 1 aromatic rings. The predicted molar refractivity (Wildman–Crippen MR) is 75.5 cm³/mol. The SMILES string of the molecule is CCC(C)(C)CNC(=O)c1ccc(Br)c(C(F)(F)F)c1. The third-order valence-corrected chi connectivity index (χ3v) is 3.91. The lowest BCUT2D eigenvalue weighted by Gasteiger charge is -2.23. The van der Waals surface area contributed by atoms with Gasteiger partial charge in [-0.25, -0.2) is 0 Å². The van der Waals surface area contributed by atoms with Gasteiger partial charge in [0.05, 0.1) is 5.56 Å². The second-order valence-electron chi connectivity index (χ2n) is 5.39. The van der Waals surface area contributed by atoms with Gasteiger partial charge in [-0.1, -0.05) is 36.7 Å². The lowest BCUT2D eigenvalue weighted by atomic mass is 9.90. The van der Waals surface area contributed by atoms with Crippen molar-refractivity contribution in [3.63, 3.8) is 0 Å². The van der Waals surface area contributed by atoms with Crippen molar-refractivity contribution in [3.05, 3.63) is 33.8 Å². The maximum absolute atomic E-state index is 12.8. The average Bonchev–Trinajstić information content (AvgIpc) is 2.35. The number of amides is 1. The normalized spacial score (nSPS) is 12.3. The highest BCUT2D eigenvalue weighted by Gasteiger charge is 2.33. The van der Waals surface area contributed by atoms with E-state index in [-0.39, 0.29) is 15.5 Å². The Morgan fingerprint density at radius 2 is 1.90 bits per heavy atom. The van der Waals surface area contributed by atoms with E-state index in [1.165, 1.54) is 12.1 Å². The number of benzene rings is 1. The highest BCUT2D eigenvalue weighted by atomic mass is 79.9. The molecule has 0 aliphatic heterocycles.